The Labute approximate surface area is 126 Å². The Hall–Kier alpha value is -1.52. The van der Waals surface area contributed by atoms with Crippen molar-refractivity contribution in [1.29, 1.82) is 0 Å². The number of carbonyl (C=O) groups excluding carboxylic acids is 1. The van der Waals surface area contributed by atoms with Gasteiger partial charge < -0.3 is 10.6 Å². The molecule has 0 aromatic carbocycles. The second kappa shape index (κ2) is 5.70. The minimum atomic E-state index is 0.0728. The van der Waals surface area contributed by atoms with Gasteiger partial charge in [-0.05, 0) is 38.5 Å². The van der Waals surface area contributed by atoms with Crippen molar-refractivity contribution in [3.8, 4) is 0 Å². The highest BCUT2D eigenvalue weighted by Gasteiger charge is 2.36. The van der Waals surface area contributed by atoms with Crippen LogP contribution >= 0.6 is 0 Å². The maximum Gasteiger partial charge on any atom is 0.274 e. The SMILES string of the molecule is Cc1nn(C)c(C(=O)N(CC2CCCCC2)C2CC2)c1N. The third-order valence-electron chi connectivity index (χ3n) is 4.90. The molecule has 0 spiro atoms. The Balaban J connectivity index is 1.78. The zero-order valence-electron chi connectivity index (χ0n) is 13.1. The number of carbonyl (C=O) groups is 1. The van der Waals surface area contributed by atoms with Crippen LogP contribution in [0.2, 0.25) is 0 Å². The van der Waals surface area contributed by atoms with E-state index in [9.17, 15) is 4.79 Å². The van der Waals surface area contributed by atoms with Crippen LogP contribution in [0, 0.1) is 12.8 Å². The average molecular weight is 290 g/mol. The number of nitrogen functional groups attached to an aromatic ring is 1. The Bertz CT molecular complexity index is 527. The summed E-state index contributed by atoms with van der Waals surface area (Å²) in [5, 5.41) is 4.28. The summed E-state index contributed by atoms with van der Waals surface area (Å²) in [6.07, 6.45) is 8.76. The molecule has 2 N–H and O–H groups in total. The lowest BCUT2D eigenvalue weighted by molar-refractivity contribution is 0.0689. The van der Waals surface area contributed by atoms with Crippen LogP contribution < -0.4 is 5.73 Å². The second-order valence-electron chi connectivity index (χ2n) is 6.66. The topological polar surface area (TPSA) is 64.2 Å². The van der Waals surface area contributed by atoms with Crippen LogP contribution in [-0.2, 0) is 7.05 Å². The fourth-order valence-corrected chi connectivity index (χ4v) is 3.50. The molecule has 1 aromatic heterocycles. The van der Waals surface area contributed by atoms with E-state index in [0.29, 0.717) is 23.3 Å². The maximum absolute atomic E-state index is 12.9. The highest BCUT2D eigenvalue weighted by atomic mass is 16.2. The van der Waals surface area contributed by atoms with Crippen LogP contribution in [0.4, 0.5) is 5.69 Å². The highest BCUT2D eigenvalue weighted by Crippen LogP contribution is 2.33. The van der Waals surface area contributed by atoms with Gasteiger partial charge >= 0.3 is 0 Å². The first kappa shape index (κ1) is 14.4. The van der Waals surface area contributed by atoms with Gasteiger partial charge in [-0.3, -0.25) is 9.48 Å². The molecule has 21 heavy (non-hydrogen) atoms. The lowest BCUT2D eigenvalue weighted by Crippen LogP contribution is -2.39. The van der Waals surface area contributed by atoms with Crippen molar-refractivity contribution in [2.75, 3.05) is 12.3 Å². The van der Waals surface area contributed by atoms with Gasteiger partial charge in [0.25, 0.3) is 5.91 Å². The summed E-state index contributed by atoms with van der Waals surface area (Å²) in [6, 6.07) is 0.425. The fourth-order valence-electron chi connectivity index (χ4n) is 3.50. The molecule has 1 aromatic rings. The molecule has 116 valence electrons. The van der Waals surface area contributed by atoms with Crippen LogP contribution in [0.3, 0.4) is 0 Å². The van der Waals surface area contributed by atoms with E-state index < -0.39 is 0 Å². The molecule has 2 aliphatic carbocycles. The average Bonchev–Trinajstić information content (AvgIpc) is 3.26. The van der Waals surface area contributed by atoms with Crippen molar-refractivity contribution in [2.24, 2.45) is 13.0 Å². The number of anilines is 1. The first-order chi connectivity index (χ1) is 10.1. The van der Waals surface area contributed by atoms with E-state index in [-0.39, 0.29) is 5.91 Å². The molecule has 1 heterocycles. The van der Waals surface area contributed by atoms with Crippen LogP contribution in [0.5, 0.6) is 0 Å². The standard InChI is InChI=1S/C16H26N4O/c1-11-14(17)15(19(2)18-11)16(21)20(13-8-9-13)10-12-6-4-3-5-7-12/h12-13H,3-10,17H2,1-2H3. The van der Waals surface area contributed by atoms with Gasteiger partial charge in [0.2, 0.25) is 0 Å². The molecular formula is C16H26N4O. The molecule has 1 amide bonds. The fraction of sp³-hybridized carbons (Fsp3) is 0.750. The molecule has 2 aliphatic rings. The smallest absolute Gasteiger partial charge is 0.274 e. The quantitative estimate of drug-likeness (QED) is 0.926. The number of aryl methyl sites for hydroxylation is 2. The number of amides is 1. The largest absolute Gasteiger partial charge is 0.395 e. The van der Waals surface area contributed by atoms with Crippen molar-refractivity contribution >= 4 is 11.6 Å². The molecule has 0 aliphatic heterocycles. The summed E-state index contributed by atoms with van der Waals surface area (Å²) in [5.74, 6) is 0.738. The van der Waals surface area contributed by atoms with Crippen LogP contribution in [-0.4, -0.2) is 33.2 Å². The Morgan fingerprint density at radius 3 is 2.48 bits per heavy atom. The van der Waals surface area contributed by atoms with E-state index in [1.54, 1.807) is 4.68 Å². The molecule has 2 fully saturated rings. The van der Waals surface area contributed by atoms with E-state index in [4.69, 9.17) is 5.73 Å². The third kappa shape index (κ3) is 2.92. The molecule has 0 saturated heterocycles. The predicted octanol–water partition coefficient (Wildman–Crippen LogP) is 2.50. The minimum Gasteiger partial charge on any atom is -0.395 e. The summed E-state index contributed by atoms with van der Waals surface area (Å²) in [6.45, 7) is 2.75. The molecular weight excluding hydrogens is 264 g/mol. The zero-order valence-corrected chi connectivity index (χ0v) is 13.1. The van der Waals surface area contributed by atoms with Gasteiger partial charge in [-0.2, -0.15) is 5.10 Å². The van der Waals surface area contributed by atoms with Gasteiger partial charge in [-0.25, -0.2) is 0 Å². The van der Waals surface area contributed by atoms with Gasteiger partial charge in [0.15, 0.2) is 0 Å². The first-order valence-corrected chi connectivity index (χ1v) is 8.18. The Morgan fingerprint density at radius 2 is 1.95 bits per heavy atom. The molecule has 0 radical (unpaired) electrons. The lowest BCUT2D eigenvalue weighted by atomic mass is 9.89. The van der Waals surface area contributed by atoms with Crippen LogP contribution in [0.15, 0.2) is 0 Å². The number of nitrogens with zero attached hydrogens (tertiary/aromatic N) is 3. The Morgan fingerprint density at radius 1 is 1.29 bits per heavy atom. The number of rotatable bonds is 4. The second-order valence-corrected chi connectivity index (χ2v) is 6.66. The Kier molecular flexibility index (Phi) is 3.91. The third-order valence-corrected chi connectivity index (χ3v) is 4.90. The van der Waals surface area contributed by atoms with Crippen molar-refractivity contribution < 1.29 is 4.79 Å². The summed E-state index contributed by atoms with van der Waals surface area (Å²) in [7, 11) is 1.81. The van der Waals surface area contributed by atoms with E-state index in [1.165, 1.54) is 32.1 Å². The maximum atomic E-state index is 12.9. The molecule has 5 nitrogen and oxygen atoms in total. The molecule has 0 atom stereocenters. The molecule has 5 heteroatoms. The van der Waals surface area contributed by atoms with Gasteiger partial charge in [-0.1, -0.05) is 19.3 Å². The number of hydrogen-bond donors (Lipinski definition) is 1. The van der Waals surface area contributed by atoms with Gasteiger partial charge in [0.1, 0.15) is 5.69 Å². The van der Waals surface area contributed by atoms with E-state index in [1.807, 2.05) is 14.0 Å². The van der Waals surface area contributed by atoms with Crippen LogP contribution in [0.25, 0.3) is 0 Å². The van der Waals surface area contributed by atoms with Gasteiger partial charge in [0.05, 0.1) is 11.4 Å². The summed E-state index contributed by atoms with van der Waals surface area (Å²) in [5.41, 5.74) is 7.91. The number of hydrogen-bond acceptors (Lipinski definition) is 3. The molecule has 0 bridgehead atoms. The molecule has 3 rings (SSSR count). The summed E-state index contributed by atoms with van der Waals surface area (Å²) >= 11 is 0. The normalized spacial score (nSPS) is 19.7. The van der Waals surface area contributed by atoms with Gasteiger partial charge in [0, 0.05) is 19.6 Å². The number of nitrogens with two attached hydrogens (primary N) is 1. The number of aromatic nitrogens is 2. The van der Waals surface area contributed by atoms with Gasteiger partial charge in [-0.15, -0.1) is 0 Å². The highest BCUT2D eigenvalue weighted by molar-refractivity contribution is 5.98. The summed E-state index contributed by atoms with van der Waals surface area (Å²) in [4.78, 5) is 15.0. The zero-order chi connectivity index (χ0) is 15.0. The van der Waals surface area contributed by atoms with Crippen molar-refractivity contribution in [2.45, 2.75) is 57.9 Å². The first-order valence-electron chi connectivity index (χ1n) is 8.18. The van der Waals surface area contributed by atoms with Crippen LogP contribution in [0.1, 0.15) is 61.1 Å². The van der Waals surface area contributed by atoms with E-state index >= 15 is 0 Å². The summed E-state index contributed by atoms with van der Waals surface area (Å²) < 4.78 is 1.64. The molecule has 0 unspecified atom stereocenters. The minimum absolute atomic E-state index is 0.0728. The van der Waals surface area contributed by atoms with E-state index in [2.05, 4.69) is 10.00 Å². The predicted molar refractivity (Wildman–Crippen MR) is 83.0 cm³/mol. The van der Waals surface area contributed by atoms with Crippen molar-refractivity contribution in [1.82, 2.24) is 14.7 Å². The molecule has 2 saturated carbocycles. The monoisotopic (exact) mass is 290 g/mol. The van der Waals surface area contributed by atoms with Crippen molar-refractivity contribution in [3.05, 3.63) is 11.4 Å². The lowest BCUT2D eigenvalue weighted by Gasteiger charge is -2.30. The van der Waals surface area contributed by atoms with Crippen molar-refractivity contribution in [3.63, 3.8) is 0 Å². The van der Waals surface area contributed by atoms with E-state index in [0.717, 1.165) is 25.1 Å².